The average Bonchev–Trinajstić information content (AvgIpc) is 3.14. The number of hydrogen-bond acceptors (Lipinski definition) is 9. The number of carbonyl (C=O) groups excluding carboxylic acids is 2. The largest absolute Gasteiger partial charge is 0.480 e. The van der Waals surface area contributed by atoms with Gasteiger partial charge in [0, 0.05) is 12.8 Å². The summed E-state index contributed by atoms with van der Waals surface area (Å²) in [6, 6.07) is -1.53. The first-order valence-electron chi connectivity index (χ1n) is 20.0. The Balaban J connectivity index is 4.53. The molecule has 0 amide bonds. The monoisotopic (exact) mass is 779 g/mol. The molecule has 12 heteroatoms. The van der Waals surface area contributed by atoms with Crippen molar-refractivity contribution in [3.63, 3.8) is 0 Å². The lowest BCUT2D eigenvalue weighted by molar-refractivity contribution is -0.161. The number of carbonyl (C=O) groups is 3. The van der Waals surface area contributed by atoms with E-state index in [4.69, 9.17) is 24.8 Å². The number of rotatable bonds is 36. The molecule has 0 aromatic heterocycles. The second-order valence-electron chi connectivity index (χ2n) is 13.1. The van der Waals surface area contributed by atoms with Crippen LogP contribution < -0.4 is 5.73 Å². The third-order valence-electron chi connectivity index (χ3n) is 7.94. The van der Waals surface area contributed by atoms with E-state index in [0.29, 0.717) is 12.8 Å². The summed E-state index contributed by atoms with van der Waals surface area (Å²) < 4.78 is 32.5. The van der Waals surface area contributed by atoms with Crippen molar-refractivity contribution in [1.82, 2.24) is 0 Å². The summed E-state index contributed by atoms with van der Waals surface area (Å²) in [5.41, 5.74) is 5.31. The predicted octanol–water partition coefficient (Wildman–Crippen LogP) is 10.2. The van der Waals surface area contributed by atoms with Crippen LogP contribution in [0.2, 0.25) is 0 Å². The molecule has 0 aliphatic rings. The van der Waals surface area contributed by atoms with Crippen LogP contribution in [0, 0.1) is 0 Å². The van der Waals surface area contributed by atoms with Gasteiger partial charge in [0.15, 0.2) is 6.10 Å². The third-order valence-corrected chi connectivity index (χ3v) is 8.89. The zero-order valence-corrected chi connectivity index (χ0v) is 33.9. The Kier molecular flexibility index (Phi) is 34.8. The summed E-state index contributed by atoms with van der Waals surface area (Å²) in [6.07, 6.45) is 42.8. The lowest BCUT2D eigenvalue weighted by atomic mass is 10.1. The van der Waals surface area contributed by atoms with E-state index in [1.807, 2.05) is 12.2 Å². The smallest absolute Gasteiger partial charge is 0.472 e. The van der Waals surface area contributed by atoms with Gasteiger partial charge in [0.05, 0.1) is 13.2 Å². The molecule has 0 rings (SSSR count). The molecule has 0 heterocycles. The van der Waals surface area contributed by atoms with Gasteiger partial charge in [-0.1, -0.05) is 132 Å². The van der Waals surface area contributed by atoms with E-state index in [9.17, 15) is 23.8 Å². The highest BCUT2D eigenvalue weighted by molar-refractivity contribution is 7.47. The zero-order chi connectivity index (χ0) is 40.0. The van der Waals surface area contributed by atoms with E-state index in [0.717, 1.165) is 64.2 Å². The summed E-state index contributed by atoms with van der Waals surface area (Å²) in [6.45, 7) is 2.62. The first-order valence-corrected chi connectivity index (χ1v) is 21.5. The standard InChI is InChI=1S/C42H70NO10P/c1-3-5-7-9-11-13-15-16-17-18-19-20-21-22-24-25-27-29-31-33-40(44)50-35-38(36-51-54(48,49)52-37-39(43)42(46)47)53-41(45)34-32-30-28-26-23-14-12-10-8-6-4-2/h10-13,16-17,19-20,22,24,27,29,38-39H,3-9,14-15,18,21,23,25-26,28,30-37,43H2,1-2H3,(H,46,47)(H,48,49)/b12-10-,13-11-,17-16-,20-19-,24-22-,29-27-/t38-,39+/m1/s1. The molecule has 0 fully saturated rings. The highest BCUT2D eigenvalue weighted by Crippen LogP contribution is 2.43. The van der Waals surface area contributed by atoms with Gasteiger partial charge >= 0.3 is 25.7 Å². The van der Waals surface area contributed by atoms with Crippen molar-refractivity contribution in [3.8, 4) is 0 Å². The molecule has 0 aromatic carbocycles. The minimum Gasteiger partial charge on any atom is -0.480 e. The van der Waals surface area contributed by atoms with Crippen molar-refractivity contribution < 1.29 is 47.5 Å². The Bertz CT molecular complexity index is 1190. The van der Waals surface area contributed by atoms with Crippen LogP contribution in [0.4, 0.5) is 0 Å². The molecule has 0 aliphatic carbocycles. The maximum atomic E-state index is 12.5. The number of nitrogens with two attached hydrogens (primary N) is 1. The first-order chi connectivity index (χ1) is 26.1. The molecule has 0 bridgehead atoms. The van der Waals surface area contributed by atoms with Crippen LogP contribution >= 0.6 is 7.82 Å². The zero-order valence-electron chi connectivity index (χ0n) is 33.0. The maximum absolute atomic E-state index is 12.5. The molecule has 3 atom stereocenters. The van der Waals surface area contributed by atoms with Crippen molar-refractivity contribution in [1.29, 1.82) is 0 Å². The number of esters is 2. The number of carboxylic acid groups (broad SMARTS) is 1. The first kappa shape index (κ1) is 50.9. The Hall–Kier alpha value is -3.08. The van der Waals surface area contributed by atoms with E-state index in [1.54, 1.807) is 0 Å². The van der Waals surface area contributed by atoms with E-state index in [-0.39, 0.29) is 12.8 Å². The fourth-order valence-corrected chi connectivity index (χ4v) is 5.51. The topological polar surface area (TPSA) is 172 Å². The number of hydrogen-bond donors (Lipinski definition) is 3. The lowest BCUT2D eigenvalue weighted by Crippen LogP contribution is -2.34. The second kappa shape index (κ2) is 36.9. The van der Waals surface area contributed by atoms with Gasteiger partial charge in [-0.15, -0.1) is 0 Å². The number of carboxylic acids is 1. The van der Waals surface area contributed by atoms with Gasteiger partial charge in [-0.05, 0) is 70.6 Å². The van der Waals surface area contributed by atoms with Gasteiger partial charge in [-0.3, -0.25) is 23.4 Å². The molecule has 0 aromatic rings. The van der Waals surface area contributed by atoms with Crippen LogP contribution in [0.3, 0.4) is 0 Å². The molecule has 11 nitrogen and oxygen atoms in total. The van der Waals surface area contributed by atoms with Crippen LogP contribution in [0.15, 0.2) is 72.9 Å². The van der Waals surface area contributed by atoms with Crippen LogP contribution in [0.5, 0.6) is 0 Å². The summed E-state index contributed by atoms with van der Waals surface area (Å²) >= 11 is 0. The molecule has 0 saturated heterocycles. The third kappa shape index (κ3) is 35.9. The van der Waals surface area contributed by atoms with Crippen molar-refractivity contribution in [2.24, 2.45) is 5.73 Å². The minimum atomic E-state index is -4.73. The molecule has 0 spiro atoms. The fourth-order valence-electron chi connectivity index (χ4n) is 4.73. The summed E-state index contributed by atoms with van der Waals surface area (Å²) in [5, 5.41) is 8.86. The van der Waals surface area contributed by atoms with E-state index >= 15 is 0 Å². The minimum absolute atomic E-state index is 0.0931. The van der Waals surface area contributed by atoms with Crippen LogP contribution in [0.25, 0.3) is 0 Å². The molecular weight excluding hydrogens is 709 g/mol. The summed E-state index contributed by atoms with van der Waals surface area (Å²) in [7, 11) is -4.73. The number of phosphoric ester groups is 1. The lowest BCUT2D eigenvalue weighted by Gasteiger charge is -2.20. The Morgan fingerprint density at radius 1 is 0.574 bits per heavy atom. The molecule has 0 aliphatic heterocycles. The average molecular weight is 780 g/mol. The van der Waals surface area contributed by atoms with Crippen LogP contribution in [0.1, 0.15) is 142 Å². The van der Waals surface area contributed by atoms with Crippen molar-refractivity contribution in [3.05, 3.63) is 72.9 Å². The SMILES string of the molecule is CCCC/C=C\CCCCCCCC(=O)O[C@H](COC(=O)CC/C=C\C/C=C\C/C=C\C/C=C\C/C=C\CCCCC)COP(=O)(O)OC[C@H](N)C(=O)O. The number of aliphatic carboxylic acids is 1. The number of allylic oxidation sites excluding steroid dienone is 12. The molecule has 0 radical (unpaired) electrons. The van der Waals surface area contributed by atoms with Crippen LogP contribution in [-0.2, 0) is 37.5 Å². The molecule has 4 N–H and O–H groups in total. The second-order valence-corrected chi connectivity index (χ2v) is 14.5. The Morgan fingerprint density at radius 3 is 1.61 bits per heavy atom. The van der Waals surface area contributed by atoms with Gasteiger partial charge in [0.25, 0.3) is 0 Å². The molecule has 1 unspecified atom stereocenters. The summed E-state index contributed by atoms with van der Waals surface area (Å²) in [4.78, 5) is 45.7. The summed E-state index contributed by atoms with van der Waals surface area (Å²) in [5.74, 6) is -2.51. The Morgan fingerprint density at radius 2 is 1.04 bits per heavy atom. The Labute approximate surface area is 325 Å². The number of unbranched alkanes of at least 4 members (excludes halogenated alkanes) is 10. The normalized spacial score (nSPS) is 14.6. The highest BCUT2D eigenvalue weighted by Gasteiger charge is 2.28. The molecular formula is C42H70NO10P. The maximum Gasteiger partial charge on any atom is 0.472 e. The fraction of sp³-hybridized carbons (Fsp3) is 0.643. The van der Waals surface area contributed by atoms with Gasteiger partial charge in [-0.25, -0.2) is 4.57 Å². The number of ether oxygens (including phenoxy) is 2. The molecule has 308 valence electrons. The van der Waals surface area contributed by atoms with Crippen LogP contribution in [-0.4, -0.2) is 59.9 Å². The predicted molar refractivity (Wildman–Crippen MR) is 217 cm³/mol. The van der Waals surface area contributed by atoms with Crippen molar-refractivity contribution in [2.45, 2.75) is 154 Å². The van der Waals surface area contributed by atoms with Crippen molar-refractivity contribution in [2.75, 3.05) is 19.8 Å². The van der Waals surface area contributed by atoms with Gasteiger partial charge in [0.2, 0.25) is 0 Å². The molecule has 0 saturated carbocycles. The van der Waals surface area contributed by atoms with E-state index in [1.165, 1.54) is 38.5 Å². The van der Waals surface area contributed by atoms with E-state index in [2.05, 4.69) is 79.1 Å². The molecule has 54 heavy (non-hydrogen) atoms. The number of phosphoric acid groups is 1. The highest BCUT2D eigenvalue weighted by atomic mass is 31.2. The van der Waals surface area contributed by atoms with E-state index < -0.39 is 57.7 Å². The van der Waals surface area contributed by atoms with Gasteiger partial charge in [0.1, 0.15) is 12.6 Å². The van der Waals surface area contributed by atoms with Crippen molar-refractivity contribution >= 4 is 25.7 Å². The quantitative estimate of drug-likeness (QED) is 0.0239. The van der Waals surface area contributed by atoms with Gasteiger partial charge < -0.3 is 25.2 Å². The van der Waals surface area contributed by atoms with Gasteiger partial charge in [-0.2, -0.15) is 0 Å².